The van der Waals surface area contributed by atoms with Gasteiger partial charge in [0.2, 0.25) is 0 Å². The van der Waals surface area contributed by atoms with Crippen LogP contribution in [-0.4, -0.2) is 67.3 Å². The van der Waals surface area contributed by atoms with Crippen LogP contribution < -0.4 is 0 Å². The first kappa shape index (κ1) is 28.0. The molecule has 13 heteroatoms. The predicted octanol–water partition coefficient (Wildman–Crippen LogP) is 3.45. The number of esters is 2. The van der Waals surface area contributed by atoms with Gasteiger partial charge in [0.15, 0.2) is 0 Å². The number of phenolic OH excluding ortho intramolecular Hbond substituents is 1. The molecule has 5 aliphatic rings. The van der Waals surface area contributed by atoms with Gasteiger partial charge in [-0.05, 0) is 80.4 Å². The number of hydrogen-bond acceptors (Lipinski definition) is 9. The summed E-state index contributed by atoms with van der Waals surface area (Å²) < 4.78 is 24.5. The maximum atomic E-state index is 13.1. The molecule has 4 saturated carbocycles. The number of carboxylic acid groups (broad SMARTS) is 1. The van der Waals surface area contributed by atoms with Gasteiger partial charge in [-0.2, -0.15) is 0 Å². The number of aliphatic carboxylic acids is 1. The number of rotatable bonds is 8. The Balaban J connectivity index is 1.14. The molecule has 6 rings (SSSR count). The number of carbonyl (C=O) groups is 3. The molecule has 10 atom stereocenters. The summed E-state index contributed by atoms with van der Waals surface area (Å²) in [5.41, 5.74) is 5.85. The Kier molecular flexibility index (Phi) is 6.63. The van der Waals surface area contributed by atoms with Gasteiger partial charge >= 0.3 is 17.9 Å². The number of aromatic hydroxyl groups is 1. The standard InChI is InChI=1S/C28H33N3O9S/c1-26-20(33)6-7-28(40-25(26)37)19-5-2-14-11-27(19,21(22(26)28)23(34)35)12-15(14)13-41(38)9-8-39-24(36)17-4-3-16(30-31-29)10-18(17)32/h3-4,10,14-15,19-22,32-33H,2,5-9,11-13H2,1H3,(H,34,35)/t14-,15+,19+,20-,21+,22+,26+,27+,28+,41?/m0/s1. The van der Waals surface area contributed by atoms with Crippen molar-refractivity contribution in [3.8, 4) is 5.75 Å². The fourth-order valence-corrected chi connectivity index (χ4v) is 10.8. The third kappa shape index (κ3) is 3.92. The van der Waals surface area contributed by atoms with Crippen LogP contribution in [0.3, 0.4) is 0 Å². The number of hydrogen-bond donors (Lipinski definition) is 3. The average molecular weight is 588 g/mol. The molecule has 1 saturated heterocycles. The van der Waals surface area contributed by atoms with Gasteiger partial charge in [0.25, 0.3) is 0 Å². The summed E-state index contributed by atoms with van der Waals surface area (Å²) in [6.45, 7) is 1.55. The van der Waals surface area contributed by atoms with Gasteiger partial charge < -0.3 is 24.8 Å². The van der Waals surface area contributed by atoms with Crippen molar-refractivity contribution in [3.05, 3.63) is 34.2 Å². The lowest BCUT2D eigenvalue weighted by Crippen LogP contribution is -2.53. The highest BCUT2D eigenvalue weighted by Gasteiger charge is 2.83. The van der Waals surface area contributed by atoms with Crippen molar-refractivity contribution in [2.45, 2.75) is 57.2 Å². The zero-order valence-electron chi connectivity index (χ0n) is 22.6. The molecule has 4 aliphatic carbocycles. The Labute approximate surface area is 238 Å². The summed E-state index contributed by atoms with van der Waals surface area (Å²) in [5, 5.41) is 34.8. The number of carboxylic acids is 1. The number of carbonyl (C=O) groups excluding carboxylic acids is 2. The minimum atomic E-state index is -1.34. The van der Waals surface area contributed by atoms with Crippen molar-refractivity contribution in [1.29, 1.82) is 0 Å². The van der Waals surface area contributed by atoms with Crippen LogP contribution in [0.2, 0.25) is 0 Å². The van der Waals surface area contributed by atoms with Crippen LogP contribution >= 0.6 is 0 Å². The predicted molar refractivity (Wildman–Crippen MR) is 143 cm³/mol. The van der Waals surface area contributed by atoms with E-state index in [1.807, 2.05) is 0 Å². The largest absolute Gasteiger partial charge is 0.507 e. The molecule has 220 valence electrons. The number of phenols is 1. The number of benzene rings is 1. The maximum absolute atomic E-state index is 13.1. The van der Waals surface area contributed by atoms with Gasteiger partial charge in [-0.15, -0.1) is 0 Å². The Morgan fingerprint density at radius 2 is 2.05 bits per heavy atom. The maximum Gasteiger partial charge on any atom is 0.341 e. The van der Waals surface area contributed by atoms with E-state index in [1.54, 1.807) is 6.92 Å². The van der Waals surface area contributed by atoms with Gasteiger partial charge in [-0.1, -0.05) is 11.2 Å². The smallest absolute Gasteiger partial charge is 0.341 e. The second-order valence-electron chi connectivity index (χ2n) is 12.6. The molecule has 3 N–H and O–H groups in total. The Morgan fingerprint density at radius 3 is 2.76 bits per heavy atom. The van der Waals surface area contributed by atoms with Crippen LogP contribution in [0.5, 0.6) is 5.75 Å². The quantitative estimate of drug-likeness (QED) is 0.176. The Bertz CT molecular complexity index is 1400. The number of fused-ring (bicyclic) bond motifs is 1. The normalized spacial score (nSPS) is 40.6. The van der Waals surface area contributed by atoms with Crippen LogP contribution in [-0.2, 0) is 29.9 Å². The molecule has 0 aromatic heterocycles. The van der Waals surface area contributed by atoms with Crippen molar-refractivity contribution in [3.63, 3.8) is 0 Å². The summed E-state index contributed by atoms with van der Waals surface area (Å²) in [6.07, 6.45) is 2.77. The SMILES string of the molecule is C[C@@]12C(=O)O[C@]3(CC[C@@H]1O)[C@@H]1CC[C@H]4C[C@]1(C[C@@H]4CS(=O)CCOC(=O)c1ccc(N=[N+]=[N-])cc1O)[C@@H](C(=O)O)[C@@H]32. The summed E-state index contributed by atoms with van der Waals surface area (Å²) >= 11 is 0. The molecule has 1 aromatic carbocycles. The Morgan fingerprint density at radius 1 is 1.27 bits per heavy atom. The molecule has 5 fully saturated rings. The second-order valence-corrected chi connectivity index (χ2v) is 14.2. The molecule has 1 aromatic rings. The lowest BCUT2D eigenvalue weighted by Gasteiger charge is -2.44. The molecule has 1 unspecified atom stereocenters. The zero-order valence-corrected chi connectivity index (χ0v) is 23.4. The zero-order chi connectivity index (χ0) is 29.3. The molecule has 0 radical (unpaired) electrons. The van der Waals surface area contributed by atoms with Crippen LogP contribution in [0.15, 0.2) is 23.3 Å². The number of aliphatic hydroxyl groups excluding tert-OH is 1. The molecule has 4 bridgehead atoms. The molecule has 1 aliphatic heterocycles. The first-order valence-electron chi connectivity index (χ1n) is 14.0. The van der Waals surface area contributed by atoms with E-state index in [0.29, 0.717) is 31.4 Å². The van der Waals surface area contributed by atoms with E-state index in [9.17, 15) is 33.9 Å². The fourth-order valence-electron chi connectivity index (χ4n) is 9.52. The average Bonchev–Trinajstić information content (AvgIpc) is 3.39. The summed E-state index contributed by atoms with van der Waals surface area (Å²) in [7, 11) is -1.34. The monoisotopic (exact) mass is 587 g/mol. The van der Waals surface area contributed by atoms with Gasteiger partial charge in [0, 0.05) is 39.0 Å². The minimum Gasteiger partial charge on any atom is -0.507 e. The lowest BCUT2D eigenvalue weighted by atomic mass is 9.59. The van der Waals surface area contributed by atoms with Crippen molar-refractivity contribution in [1.82, 2.24) is 0 Å². The van der Waals surface area contributed by atoms with Crippen molar-refractivity contribution < 1.29 is 43.4 Å². The van der Waals surface area contributed by atoms with Crippen molar-refractivity contribution >= 4 is 34.4 Å². The van der Waals surface area contributed by atoms with E-state index in [1.165, 1.54) is 12.1 Å². The number of nitrogens with zero attached hydrogens (tertiary/aromatic N) is 3. The van der Waals surface area contributed by atoms with Crippen molar-refractivity contribution in [2.24, 2.45) is 45.5 Å². The molecule has 12 nitrogen and oxygen atoms in total. The van der Waals surface area contributed by atoms with Crippen LogP contribution in [0.4, 0.5) is 5.69 Å². The fraction of sp³-hybridized carbons (Fsp3) is 0.679. The summed E-state index contributed by atoms with van der Waals surface area (Å²) in [5.74, 6) is -3.45. The van der Waals surface area contributed by atoms with E-state index in [-0.39, 0.29) is 41.4 Å². The van der Waals surface area contributed by atoms with Crippen LogP contribution in [0.1, 0.15) is 55.8 Å². The van der Waals surface area contributed by atoms with Gasteiger partial charge in [0.05, 0.1) is 23.2 Å². The van der Waals surface area contributed by atoms with Gasteiger partial charge in [-0.25, -0.2) is 4.79 Å². The van der Waals surface area contributed by atoms with E-state index in [4.69, 9.17) is 15.0 Å². The third-order valence-electron chi connectivity index (χ3n) is 11.0. The molecular weight excluding hydrogens is 554 g/mol. The van der Waals surface area contributed by atoms with E-state index < -0.39 is 68.8 Å². The second kappa shape index (κ2) is 9.71. The molecule has 1 spiro atoms. The highest BCUT2D eigenvalue weighted by Crippen LogP contribution is 2.78. The summed E-state index contributed by atoms with van der Waals surface area (Å²) in [6, 6.07) is 3.81. The molecule has 0 amide bonds. The number of azide groups is 1. The highest BCUT2D eigenvalue weighted by molar-refractivity contribution is 7.85. The number of ether oxygens (including phenoxy) is 2. The van der Waals surface area contributed by atoms with Gasteiger partial charge in [-0.3, -0.25) is 13.8 Å². The van der Waals surface area contributed by atoms with E-state index in [2.05, 4.69) is 10.0 Å². The van der Waals surface area contributed by atoms with E-state index >= 15 is 0 Å². The summed E-state index contributed by atoms with van der Waals surface area (Å²) in [4.78, 5) is 41.0. The molecular formula is C28H33N3O9S. The third-order valence-corrected chi connectivity index (χ3v) is 12.4. The first-order valence-corrected chi connectivity index (χ1v) is 15.5. The minimum absolute atomic E-state index is 0.0270. The first-order chi connectivity index (χ1) is 19.5. The topological polar surface area (TPSA) is 196 Å². The molecule has 1 heterocycles. The van der Waals surface area contributed by atoms with Crippen LogP contribution in [0, 0.1) is 40.4 Å². The Hall–Kier alpha value is -3.15. The van der Waals surface area contributed by atoms with Gasteiger partial charge in [0.1, 0.15) is 23.5 Å². The lowest BCUT2D eigenvalue weighted by molar-refractivity contribution is -0.162. The van der Waals surface area contributed by atoms with E-state index in [0.717, 1.165) is 18.9 Å². The number of aliphatic hydroxyl groups is 1. The van der Waals surface area contributed by atoms with Crippen LogP contribution in [0.25, 0.3) is 10.4 Å². The highest BCUT2D eigenvalue weighted by atomic mass is 32.2. The van der Waals surface area contributed by atoms with Crippen molar-refractivity contribution in [2.75, 3.05) is 18.1 Å². The molecule has 41 heavy (non-hydrogen) atoms.